The summed E-state index contributed by atoms with van der Waals surface area (Å²) in [5.74, 6) is -0.787. The molecule has 1 saturated carbocycles. The molecule has 18 nitrogen and oxygen atoms in total. The van der Waals surface area contributed by atoms with Gasteiger partial charge in [-0.2, -0.15) is 0 Å². The zero-order valence-corrected chi connectivity index (χ0v) is 24.8. The van der Waals surface area contributed by atoms with Gasteiger partial charge in [0.2, 0.25) is 5.91 Å². The number of likely N-dealkylation sites (N-methyl/N-ethyl adjacent to an activating group) is 1. The van der Waals surface area contributed by atoms with Crippen LogP contribution in [-0.2, 0) is 23.7 Å². The van der Waals surface area contributed by atoms with E-state index in [-0.39, 0.29) is 19.4 Å². The molecule has 0 radical (unpaired) electrons. The lowest BCUT2D eigenvalue weighted by atomic mass is 9.83. The van der Waals surface area contributed by atoms with Crippen molar-refractivity contribution in [2.75, 3.05) is 52.9 Å². The summed E-state index contributed by atoms with van der Waals surface area (Å²) >= 11 is 0. The molecule has 14 N–H and O–H groups in total. The number of carbonyl (C=O) groups is 1. The minimum atomic E-state index is -1.54. The fraction of sp³-hybridized carbons (Fsp3) is 0.962. The highest BCUT2D eigenvalue weighted by Gasteiger charge is 2.53. The largest absolute Gasteiger partial charge is 0.394 e. The number of aliphatic hydroxyl groups excluding tert-OH is 7. The monoisotopic (exact) mass is 638 g/mol. The number of aliphatic hydroxyl groups is 7. The van der Waals surface area contributed by atoms with Crippen molar-refractivity contribution in [2.24, 2.45) is 17.2 Å². The van der Waals surface area contributed by atoms with E-state index in [1.54, 1.807) is 0 Å². The summed E-state index contributed by atoms with van der Waals surface area (Å²) in [6, 6.07) is -3.31. The van der Waals surface area contributed by atoms with Crippen molar-refractivity contribution >= 4 is 5.91 Å². The number of ether oxygens (including phenoxy) is 4. The van der Waals surface area contributed by atoms with Crippen LogP contribution in [0.25, 0.3) is 0 Å². The van der Waals surface area contributed by atoms with E-state index in [9.17, 15) is 40.5 Å². The third-order valence-corrected chi connectivity index (χ3v) is 8.95. The highest BCUT2D eigenvalue weighted by Crippen LogP contribution is 2.33. The van der Waals surface area contributed by atoms with Crippen LogP contribution in [0, 0.1) is 0 Å². The topological polar surface area (TPSA) is 292 Å². The molecule has 1 aliphatic carbocycles. The maximum absolute atomic E-state index is 12.6. The van der Waals surface area contributed by atoms with Crippen LogP contribution in [-0.4, -0.2) is 196 Å². The third-order valence-electron chi connectivity index (χ3n) is 8.95. The van der Waals surface area contributed by atoms with Crippen molar-refractivity contribution in [3.63, 3.8) is 0 Å². The Morgan fingerprint density at radius 1 is 0.909 bits per heavy atom. The van der Waals surface area contributed by atoms with Gasteiger partial charge >= 0.3 is 0 Å². The molecule has 0 aromatic rings. The van der Waals surface area contributed by atoms with Crippen molar-refractivity contribution in [2.45, 2.75) is 105 Å². The van der Waals surface area contributed by atoms with Crippen molar-refractivity contribution < 1.29 is 59.5 Å². The SMILES string of the molecule is CN1CCN(C[C@H]2O[C@@H](OC3C(O)[C@H](NC(=O)[C@@H](O)CCN)CC(N)[C@H]3O[C@H]3OC(CO)[C@@H](O)C(O)C3N)C(O)C2O)CC1. The van der Waals surface area contributed by atoms with E-state index in [1.807, 2.05) is 7.05 Å². The summed E-state index contributed by atoms with van der Waals surface area (Å²) in [7, 11) is 2.01. The molecule has 3 heterocycles. The minimum Gasteiger partial charge on any atom is -0.394 e. The average Bonchev–Trinajstić information content (AvgIpc) is 3.25. The molecule has 1 amide bonds. The Kier molecular flexibility index (Phi) is 12.7. The van der Waals surface area contributed by atoms with Crippen LogP contribution in [0.4, 0.5) is 0 Å². The predicted molar refractivity (Wildman–Crippen MR) is 150 cm³/mol. The number of nitrogens with one attached hydrogen (secondary N) is 1. The number of piperazine rings is 1. The number of hydrogen-bond acceptors (Lipinski definition) is 17. The zero-order chi connectivity index (χ0) is 32.3. The molecular weight excluding hydrogens is 588 g/mol. The van der Waals surface area contributed by atoms with Crippen LogP contribution in [0.15, 0.2) is 0 Å². The van der Waals surface area contributed by atoms with E-state index < -0.39 is 104 Å². The molecule has 0 spiro atoms. The second kappa shape index (κ2) is 15.6. The summed E-state index contributed by atoms with van der Waals surface area (Å²) in [5.41, 5.74) is 18.0. The van der Waals surface area contributed by atoms with Gasteiger partial charge in [-0.3, -0.25) is 9.69 Å². The van der Waals surface area contributed by atoms with Gasteiger partial charge in [-0.05, 0) is 26.4 Å². The molecule has 3 aliphatic heterocycles. The second-order valence-corrected chi connectivity index (χ2v) is 12.2. The number of hydrogen-bond donors (Lipinski definition) is 11. The van der Waals surface area contributed by atoms with Gasteiger partial charge in [0.15, 0.2) is 12.6 Å². The maximum Gasteiger partial charge on any atom is 0.249 e. The van der Waals surface area contributed by atoms with Crippen LogP contribution in [0.3, 0.4) is 0 Å². The summed E-state index contributed by atoms with van der Waals surface area (Å²) in [4.78, 5) is 16.8. The van der Waals surface area contributed by atoms with E-state index in [0.717, 1.165) is 26.2 Å². The molecule has 0 aromatic carbocycles. The van der Waals surface area contributed by atoms with Gasteiger partial charge in [0.05, 0.1) is 18.7 Å². The Morgan fingerprint density at radius 3 is 2.16 bits per heavy atom. The first-order valence-corrected chi connectivity index (χ1v) is 15.1. The van der Waals surface area contributed by atoms with E-state index in [1.165, 1.54) is 0 Å². The van der Waals surface area contributed by atoms with E-state index >= 15 is 0 Å². The molecule has 44 heavy (non-hydrogen) atoms. The normalized spacial score (nSPS) is 44.9. The zero-order valence-electron chi connectivity index (χ0n) is 24.8. The van der Waals surface area contributed by atoms with E-state index in [4.69, 9.17) is 36.1 Å². The Labute approximate surface area is 255 Å². The number of rotatable bonds is 11. The molecule has 15 atom stereocenters. The van der Waals surface area contributed by atoms with Gasteiger partial charge in [-0.1, -0.05) is 0 Å². The molecular formula is C26H50N6O12. The first kappa shape index (κ1) is 35.7. The molecule has 4 rings (SSSR count). The minimum absolute atomic E-state index is 0.0157. The molecule has 0 aromatic heterocycles. The Morgan fingerprint density at radius 2 is 1.52 bits per heavy atom. The van der Waals surface area contributed by atoms with Crippen LogP contribution in [0.2, 0.25) is 0 Å². The lowest BCUT2D eigenvalue weighted by Gasteiger charge is -2.47. The molecule has 256 valence electrons. The lowest BCUT2D eigenvalue weighted by molar-refractivity contribution is -0.310. The Hall–Kier alpha value is -1.17. The lowest BCUT2D eigenvalue weighted by Crippen LogP contribution is -2.69. The van der Waals surface area contributed by atoms with Crippen molar-refractivity contribution in [3.05, 3.63) is 0 Å². The Bertz CT molecular complexity index is 919. The van der Waals surface area contributed by atoms with Crippen LogP contribution in [0.5, 0.6) is 0 Å². The smallest absolute Gasteiger partial charge is 0.249 e. The molecule has 18 heteroatoms. The van der Waals surface area contributed by atoms with Gasteiger partial charge < -0.3 is 82.1 Å². The number of nitrogens with two attached hydrogens (primary N) is 3. The van der Waals surface area contributed by atoms with Crippen molar-refractivity contribution in [3.8, 4) is 0 Å². The summed E-state index contributed by atoms with van der Waals surface area (Å²) < 4.78 is 23.6. The standard InChI is InChI=1S/C26H50N6O12/c1-31-4-6-32(7-5-31)9-14-18(36)21(39)26(41-14)44-23-17(35)12(30-24(40)13(34)2-3-27)8-11(28)22(23)43-25-16(29)20(38)19(37)15(10-33)42-25/h11-23,25-26,33-39H,2-10,27-29H2,1H3,(H,30,40)/t11?,12-,13+,14-,15?,16?,17?,18?,19-,20?,21?,22-,23?,25-,26+/m1/s1. The van der Waals surface area contributed by atoms with Crippen molar-refractivity contribution in [1.82, 2.24) is 15.1 Å². The maximum atomic E-state index is 12.6. The first-order valence-electron chi connectivity index (χ1n) is 15.1. The van der Waals surface area contributed by atoms with Gasteiger partial charge in [0, 0.05) is 38.8 Å². The Balaban J connectivity index is 1.52. The molecule has 4 fully saturated rings. The van der Waals surface area contributed by atoms with E-state index in [0.29, 0.717) is 6.54 Å². The van der Waals surface area contributed by atoms with Gasteiger partial charge in [-0.25, -0.2) is 0 Å². The summed E-state index contributed by atoms with van der Waals surface area (Å²) in [5, 5.41) is 75.9. The second-order valence-electron chi connectivity index (χ2n) is 12.2. The van der Waals surface area contributed by atoms with E-state index in [2.05, 4.69) is 15.1 Å². The van der Waals surface area contributed by atoms with Crippen LogP contribution in [0.1, 0.15) is 12.8 Å². The highest BCUT2D eigenvalue weighted by molar-refractivity contribution is 5.80. The van der Waals surface area contributed by atoms with Crippen molar-refractivity contribution in [1.29, 1.82) is 0 Å². The quantitative estimate of drug-likeness (QED) is 0.100. The number of amides is 1. The predicted octanol–water partition coefficient (Wildman–Crippen LogP) is -7.50. The van der Waals surface area contributed by atoms with Gasteiger partial charge in [-0.15, -0.1) is 0 Å². The van der Waals surface area contributed by atoms with Crippen LogP contribution < -0.4 is 22.5 Å². The highest BCUT2D eigenvalue weighted by atomic mass is 16.7. The fourth-order valence-electron chi connectivity index (χ4n) is 6.08. The van der Waals surface area contributed by atoms with Crippen LogP contribution >= 0.6 is 0 Å². The molecule has 8 unspecified atom stereocenters. The number of carbonyl (C=O) groups excluding carboxylic acids is 1. The summed E-state index contributed by atoms with van der Waals surface area (Å²) in [6.45, 7) is 2.86. The fourth-order valence-corrected chi connectivity index (χ4v) is 6.08. The number of nitrogens with zero attached hydrogens (tertiary/aromatic N) is 2. The summed E-state index contributed by atoms with van der Waals surface area (Å²) in [6.07, 6.45) is -16.5. The third kappa shape index (κ3) is 8.03. The average molecular weight is 639 g/mol. The first-order chi connectivity index (χ1) is 20.9. The van der Waals surface area contributed by atoms with Gasteiger partial charge in [0.25, 0.3) is 0 Å². The molecule has 3 saturated heterocycles. The molecule has 4 aliphatic rings. The van der Waals surface area contributed by atoms with Gasteiger partial charge in [0.1, 0.15) is 61.0 Å². The molecule has 0 bridgehead atoms.